The summed E-state index contributed by atoms with van der Waals surface area (Å²) in [5, 5.41) is 1.97. The van der Waals surface area contributed by atoms with Crippen LogP contribution >= 0.6 is 23.6 Å². The third kappa shape index (κ3) is 1.83. The van der Waals surface area contributed by atoms with Crippen molar-refractivity contribution in [2.45, 2.75) is 0 Å². The first-order valence-corrected chi connectivity index (χ1v) is 6.65. The van der Waals surface area contributed by atoms with E-state index in [0.717, 1.165) is 26.6 Å². The predicted molar refractivity (Wildman–Crippen MR) is 73.8 cm³/mol. The molecule has 0 fully saturated rings. The summed E-state index contributed by atoms with van der Waals surface area (Å²) in [7, 11) is 1.75. The zero-order valence-electron chi connectivity index (χ0n) is 9.60. The van der Waals surface area contributed by atoms with Crippen LogP contribution in [0, 0.1) is 3.95 Å². The van der Waals surface area contributed by atoms with E-state index in [1.165, 1.54) is 11.3 Å². The Morgan fingerprint density at radius 3 is 3.06 bits per heavy atom. The van der Waals surface area contributed by atoms with Gasteiger partial charge >= 0.3 is 0 Å². The number of aromatic nitrogens is 1. The van der Waals surface area contributed by atoms with Gasteiger partial charge < -0.3 is 14.6 Å². The SMILES string of the molecule is CN1C(=O)COc2ccc(-c3csc(=S)[nH]3)cc21. The van der Waals surface area contributed by atoms with Crippen LogP contribution in [0.3, 0.4) is 0 Å². The van der Waals surface area contributed by atoms with Crippen molar-refractivity contribution in [3.05, 3.63) is 27.5 Å². The van der Waals surface area contributed by atoms with Gasteiger partial charge in [-0.3, -0.25) is 4.79 Å². The number of nitrogens with zero attached hydrogens (tertiary/aromatic N) is 1. The standard InChI is InChI=1S/C12H10N2O2S2/c1-14-9-4-7(8-6-18-12(17)13-8)2-3-10(9)16-5-11(14)15/h2-4,6H,5H2,1H3,(H,13,17). The number of benzene rings is 1. The van der Waals surface area contributed by atoms with Crippen LogP contribution in [0.4, 0.5) is 5.69 Å². The van der Waals surface area contributed by atoms with Crippen molar-refractivity contribution >= 4 is 35.1 Å². The Hall–Kier alpha value is -1.66. The predicted octanol–water partition coefficient (Wildman–Crippen LogP) is 2.83. The second kappa shape index (κ2) is 4.22. The van der Waals surface area contributed by atoms with Crippen LogP contribution in [0.5, 0.6) is 5.75 Å². The average molecular weight is 278 g/mol. The number of carbonyl (C=O) groups excluding carboxylic acids is 1. The van der Waals surface area contributed by atoms with E-state index in [1.807, 2.05) is 23.6 Å². The van der Waals surface area contributed by atoms with E-state index >= 15 is 0 Å². The van der Waals surface area contributed by atoms with Crippen molar-refractivity contribution in [2.75, 3.05) is 18.6 Å². The van der Waals surface area contributed by atoms with Gasteiger partial charge in [0.1, 0.15) is 5.75 Å². The summed E-state index contributed by atoms with van der Waals surface area (Å²) in [6.45, 7) is 0.101. The number of hydrogen-bond donors (Lipinski definition) is 1. The van der Waals surface area contributed by atoms with Crippen LogP contribution in [0.1, 0.15) is 0 Å². The van der Waals surface area contributed by atoms with Gasteiger partial charge in [0.25, 0.3) is 5.91 Å². The Morgan fingerprint density at radius 1 is 1.50 bits per heavy atom. The van der Waals surface area contributed by atoms with Gasteiger partial charge in [0.15, 0.2) is 10.6 Å². The third-order valence-corrected chi connectivity index (χ3v) is 3.94. The minimum absolute atomic E-state index is 0.0436. The molecule has 92 valence electrons. The van der Waals surface area contributed by atoms with Crippen molar-refractivity contribution in [3.63, 3.8) is 0 Å². The van der Waals surface area contributed by atoms with Crippen molar-refractivity contribution in [1.29, 1.82) is 0 Å². The van der Waals surface area contributed by atoms with Gasteiger partial charge in [-0.1, -0.05) is 0 Å². The van der Waals surface area contributed by atoms with Gasteiger partial charge in [-0.25, -0.2) is 0 Å². The Balaban J connectivity index is 2.10. The van der Waals surface area contributed by atoms with Gasteiger partial charge in [0, 0.05) is 18.0 Å². The van der Waals surface area contributed by atoms with Crippen LogP contribution in [0.2, 0.25) is 0 Å². The lowest BCUT2D eigenvalue weighted by atomic mass is 10.1. The molecule has 0 bridgehead atoms. The first kappa shape index (κ1) is 11.4. The number of ether oxygens (including phenoxy) is 1. The summed E-state index contributed by atoms with van der Waals surface area (Å²) in [6.07, 6.45) is 0. The topological polar surface area (TPSA) is 45.3 Å². The number of H-pyrrole nitrogens is 1. The molecule has 0 saturated carbocycles. The van der Waals surface area contributed by atoms with E-state index in [1.54, 1.807) is 11.9 Å². The number of thiazole rings is 1. The molecule has 2 heterocycles. The molecule has 0 atom stereocenters. The molecule has 1 N–H and O–H groups in total. The van der Waals surface area contributed by atoms with Gasteiger partial charge in [-0.2, -0.15) is 0 Å². The minimum Gasteiger partial charge on any atom is -0.482 e. The molecule has 3 rings (SSSR count). The molecule has 1 amide bonds. The smallest absolute Gasteiger partial charge is 0.264 e. The molecule has 0 unspecified atom stereocenters. The van der Waals surface area contributed by atoms with Crippen molar-refractivity contribution < 1.29 is 9.53 Å². The molecule has 1 aliphatic rings. The van der Waals surface area contributed by atoms with Crippen LogP contribution < -0.4 is 9.64 Å². The molecule has 1 aromatic heterocycles. The minimum atomic E-state index is -0.0436. The van der Waals surface area contributed by atoms with Crippen LogP contribution in [-0.4, -0.2) is 24.5 Å². The van der Waals surface area contributed by atoms with Gasteiger partial charge in [0.2, 0.25) is 0 Å². The highest BCUT2D eigenvalue weighted by atomic mass is 32.1. The van der Waals surface area contributed by atoms with E-state index in [0.29, 0.717) is 0 Å². The molecule has 0 radical (unpaired) electrons. The number of carbonyl (C=O) groups is 1. The second-order valence-electron chi connectivity index (χ2n) is 3.99. The lowest BCUT2D eigenvalue weighted by molar-refractivity contribution is -0.120. The Kier molecular flexibility index (Phi) is 2.68. The zero-order chi connectivity index (χ0) is 12.7. The molecule has 6 heteroatoms. The largest absolute Gasteiger partial charge is 0.482 e. The maximum atomic E-state index is 11.6. The van der Waals surface area contributed by atoms with Crippen LogP contribution in [0.25, 0.3) is 11.3 Å². The van der Waals surface area contributed by atoms with E-state index in [4.69, 9.17) is 17.0 Å². The quantitative estimate of drug-likeness (QED) is 0.816. The molecule has 1 aliphatic heterocycles. The first-order valence-electron chi connectivity index (χ1n) is 5.37. The summed E-state index contributed by atoms with van der Waals surface area (Å²) in [6, 6.07) is 5.76. The Bertz CT molecular complexity index is 675. The maximum Gasteiger partial charge on any atom is 0.264 e. The average Bonchev–Trinajstić information content (AvgIpc) is 2.80. The Labute approximate surface area is 113 Å². The molecular weight excluding hydrogens is 268 g/mol. The monoisotopic (exact) mass is 278 g/mol. The highest BCUT2D eigenvalue weighted by Gasteiger charge is 2.22. The van der Waals surface area contributed by atoms with Crippen molar-refractivity contribution in [2.24, 2.45) is 0 Å². The number of hydrogen-bond acceptors (Lipinski definition) is 4. The summed E-state index contributed by atoms with van der Waals surface area (Å²) in [5.41, 5.74) is 2.74. The summed E-state index contributed by atoms with van der Waals surface area (Å²) in [5.74, 6) is 0.688. The normalized spacial score (nSPS) is 14.3. The lowest BCUT2D eigenvalue weighted by Gasteiger charge is -2.26. The van der Waals surface area contributed by atoms with E-state index < -0.39 is 0 Å². The van der Waals surface area contributed by atoms with Gasteiger partial charge in [0.05, 0.1) is 11.4 Å². The number of anilines is 1. The summed E-state index contributed by atoms with van der Waals surface area (Å²) in [4.78, 5) is 16.3. The fourth-order valence-electron chi connectivity index (χ4n) is 1.86. The molecule has 0 saturated heterocycles. The summed E-state index contributed by atoms with van der Waals surface area (Å²) < 4.78 is 6.12. The molecule has 0 spiro atoms. The highest BCUT2D eigenvalue weighted by molar-refractivity contribution is 7.73. The Morgan fingerprint density at radius 2 is 2.33 bits per heavy atom. The fourth-order valence-corrected chi connectivity index (χ4v) is 2.70. The van der Waals surface area contributed by atoms with E-state index in [-0.39, 0.29) is 12.5 Å². The number of likely N-dealkylation sites (N-methyl/N-ethyl adjacent to an activating group) is 1. The molecule has 4 nitrogen and oxygen atoms in total. The van der Waals surface area contributed by atoms with Crippen LogP contribution in [0.15, 0.2) is 23.6 Å². The molecule has 2 aromatic rings. The summed E-state index contributed by atoms with van der Waals surface area (Å²) >= 11 is 6.55. The van der Waals surface area contributed by atoms with Gasteiger partial charge in [-0.15, -0.1) is 11.3 Å². The van der Waals surface area contributed by atoms with E-state index in [2.05, 4.69) is 4.98 Å². The number of rotatable bonds is 1. The number of amides is 1. The van der Waals surface area contributed by atoms with Gasteiger partial charge in [-0.05, 0) is 30.4 Å². The van der Waals surface area contributed by atoms with Crippen molar-refractivity contribution in [3.8, 4) is 17.0 Å². The lowest BCUT2D eigenvalue weighted by Crippen LogP contribution is -2.35. The number of nitrogens with one attached hydrogen (secondary N) is 1. The maximum absolute atomic E-state index is 11.6. The number of aromatic amines is 1. The number of fused-ring (bicyclic) bond motifs is 1. The molecule has 1 aromatic carbocycles. The molecule has 0 aliphatic carbocycles. The zero-order valence-corrected chi connectivity index (χ0v) is 11.2. The van der Waals surface area contributed by atoms with Crippen molar-refractivity contribution in [1.82, 2.24) is 4.98 Å². The fraction of sp³-hybridized carbons (Fsp3) is 0.167. The van der Waals surface area contributed by atoms with Crippen LogP contribution in [-0.2, 0) is 4.79 Å². The third-order valence-electron chi connectivity index (χ3n) is 2.88. The molecule has 18 heavy (non-hydrogen) atoms. The second-order valence-corrected chi connectivity index (χ2v) is 5.53. The highest BCUT2D eigenvalue weighted by Crippen LogP contribution is 2.35. The van der Waals surface area contributed by atoms with E-state index in [9.17, 15) is 4.79 Å². The first-order chi connectivity index (χ1) is 8.65. The molecular formula is C12H10N2O2S2.